The molecule has 0 fully saturated rings. The fraction of sp³-hybridized carbons (Fsp3) is 0.423. The maximum absolute atomic E-state index is 11.7. The van der Waals surface area contributed by atoms with Crippen LogP contribution in [0.1, 0.15) is 58.4 Å². The van der Waals surface area contributed by atoms with Crippen LogP contribution in [0.2, 0.25) is 0 Å². The number of carbonyl (C=O) groups is 1. The third-order valence-electron chi connectivity index (χ3n) is 5.58. The van der Waals surface area contributed by atoms with Crippen LogP contribution in [-0.2, 0) is 11.3 Å². The third kappa shape index (κ3) is 7.34. The number of nitrogens with one attached hydrogen (secondary N) is 1. The number of amides is 1. The van der Waals surface area contributed by atoms with E-state index in [1.807, 2.05) is 12.1 Å². The van der Waals surface area contributed by atoms with Crippen molar-refractivity contribution in [1.82, 2.24) is 10.2 Å². The van der Waals surface area contributed by atoms with Gasteiger partial charge in [0.05, 0.1) is 5.70 Å². The molecule has 1 aliphatic rings. The van der Waals surface area contributed by atoms with Gasteiger partial charge >= 0.3 is 0 Å². The summed E-state index contributed by atoms with van der Waals surface area (Å²) >= 11 is 0. The van der Waals surface area contributed by atoms with Gasteiger partial charge in [0.25, 0.3) is 0 Å². The first kappa shape index (κ1) is 23.7. The topological polar surface area (TPSA) is 58.4 Å². The number of hydrogen-bond donors (Lipinski definition) is 2. The maximum atomic E-state index is 11.7. The first-order chi connectivity index (χ1) is 14.3. The highest BCUT2D eigenvalue weighted by Gasteiger charge is 2.27. The SMILES string of the molecule is C=C(C)CCC(=C)CCN(Cc1ccccc1)C1CC(NC(C)=O)=C(N)C=C1CC. The van der Waals surface area contributed by atoms with Crippen LogP contribution in [-0.4, -0.2) is 23.4 Å². The normalized spacial score (nSPS) is 16.4. The Bertz CT molecular complexity index is 820. The van der Waals surface area contributed by atoms with Gasteiger partial charge < -0.3 is 11.1 Å². The van der Waals surface area contributed by atoms with Crippen molar-refractivity contribution in [2.24, 2.45) is 5.73 Å². The van der Waals surface area contributed by atoms with Crippen LogP contribution in [0.5, 0.6) is 0 Å². The number of nitrogens with two attached hydrogens (primary N) is 1. The van der Waals surface area contributed by atoms with E-state index in [4.69, 9.17) is 5.73 Å². The molecule has 1 atom stereocenters. The highest BCUT2D eigenvalue weighted by molar-refractivity contribution is 5.75. The minimum Gasteiger partial charge on any atom is -0.397 e. The molecule has 0 heterocycles. The molecule has 4 nitrogen and oxygen atoms in total. The van der Waals surface area contributed by atoms with E-state index in [9.17, 15) is 4.79 Å². The summed E-state index contributed by atoms with van der Waals surface area (Å²) in [5.74, 6) is -0.0807. The molecule has 1 aromatic carbocycles. The van der Waals surface area contributed by atoms with Crippen molar-refractivity contribution >= 4 is 5.91 Å². The van der Waals surface area contributed by atoms with Gasteiger partial charge in [-0.2, -0.15) is 0 Å². The van der Waals surface area contributed by atoms with E-state index in [-0.39, 0.29) is 11.9 Å². The van der Waals surface area contributed by atoms with Crippen LogP contribution in [0, 0.1) is 0 Å². The predicted octanol–water partition coefficient (Wildman–Crippen LogP) is 5.21. The fourth-order valence-electron chi connectivity index (χ4n) is 3.84. The van der Waals surface area contributed by atoms with Crippen molar-refractivity contribution < 1.29 is 4.79 Å². The third-order valence-corrected chi connectivity index (χ3v) is 5.58. The molecule has 30 heavy (non-hydrogen) atoms. The van der Waals surface area contributed by atoms with Gasteiger partial charge in [-0.05, 0) is 44.2 Å². The Kier molecular flexibility index (Phi) is 9.13. The van der Waals surface area contributed by atoms with Crippen molar-refractivity contribution in [2.45, 2.75) is 65.5 Å². The molecule has 162 valence electrons. The monoisotopic (exact) mass is 407 g/mol. The summed E-state index contributed by atoms with van der Waals surface area (Å²) in [7, 11) is 0. The lowest BCUT2D eigenvalue weighted by atomic mass is 9.90. The lowest BCUT2D eigenvalue weighted by Gasteiger charge is -2.37. The molecule has 0 aliphatic heterocycles. The first-order valence-electron chi connectivity index (χ1n) is 10.9. The van der Waals surface area contributed by atoms with E-state index in [1.54, 1.807) is 0 Å². The van der Waals surface area contributed by atoms with E-state index < -0.39 is 0 Å². The molecule has 3 N–H and O–H groups in total. The predicted molar refractivity (Wildman–Crippen MR) is 126 cm³/mol. The van der Waals surface area contributed by atoms with Crippen molar-refractivity contribution in [3.05, 3.63) is 83.2 Å². The van der Waals surface area contributed by atoms with Gasteiger partial charge in [0, 0.05) is 38.2 Å². The Hall–Kier alpha value is -2.59. The van der Waals surface area contributed by atoms with Gasteiger partial charge in [0.1, 0.15) is 0 Å². The summed E-state index contributed by atoms with van der Waals surface area (Å²) in [6.07, 6.45) is 6.62. The van der Waals surface area contributed by atoms with Crippen molar-refractivity contribution in [2.75, 3.05) is 6.54 Å². The minimum absolute atomic E-state index is 0.0807. The maximum Gasteiger partial charge on any atom is 0.221 e. The standard InChI is InChI=1S/C26H37N3O/c1-6-23-16-24(27)25(28-21(5)30)17-26(23)29(18-22-10-8-7-9-11-22)15-14-20(4)13-12-19(2)3/h7-11,16,26H,2,4,6,12-15,17-18,27H2,1,3,5H3,(H,28,30). The highest BCUT2D eigenvalue weighted by Crippen LogP contribution is 2.29. The number of rotatable bonds is 11. The highest BCUT2D eigenvalue weighted by atomic mass is 16.1. The Morgan fingerprint density at radius 1 is 1.17 bits per heavy atom. The largest absolute Gasteiger partial charge is 0.397 e. The molecule has 0 saturated carbocycles. The molecule has 0 bridgehead atoms. The molecule has 1 aromatic rings. The average molecular weight is 408 g/mol. The Balaban J connectivity index is 2.21. The average Bonchev–Trinajstić information content (AvgIpc) is 2.71. The van der Waals surface area contributed by atoms with E-state index in [2.05, 4.69) is 61.5 Å². The van der Waals surface area contributed by atoms with E-state index in [0.717, 1.165) is 50.9 Å². The Labute approximate surface area is 182 Å². The van der Waals surface area contributed by atoms with Crippen LogP contribution in [0.15, 0.2) is 77.7 Å². The molecule has 0 spiro atoms. The number of nitrogens with zero attached hydrogens (tertiary/aromatic N) is 1. The van der Waals surface area contributed by atoms with Crippen LogP contribution < -0.4 is 11.1 Å². The van der Waals surface area contributed by atoms with Gasteiger partial charge in [-0.1, -0.05) is 60.6 Å². The number of hydrogen-bond acceptors (Lipinski definition) is 3. The summed E-state index contributed by atoms with van der Waals surface area (Å²) in [6, 6.07) is 10.7. The molecule has 1 amide bonds. The van der Waals surface area contributed by atoms with Crippen LogP contribution in [0.25, 0.3) is 0 Å². The van der Waals surface area contributed by atoms with Gasteiger partial charge in [-0.25, -0.2) is 0 Å². The number of allylic oxidation sites excluding steroid dienone is 2. The molecular weight excluding hydrogens is 370 g/mol. The zero-order valence-corrected chi connectivity index (χ0v) is 18.8. The van der Waals surface area contributed by atoms with Crippen molar-refractivity contribution in [3.8, 4) is 0 Å². The lowest BCUT2D eigenvalue weighted by Crippen LogP contribution is -2.41. The zero-order chi connectivity index (χ0) is 22.1. The smallest absolute Gasteiger partial charge is 0.221 e. The molecule has 0 saturated heterocycles. The van der Waals surface area contributed by atoms with Crippen molar-refractivity contribution in [3.63, 3.8) is 0 Å². The van der Waals surface area contributed by atoms with E-state index in [1.165, 1.54) is 29.2 Å². The second kappa shape index (κ2) is 11.6. The second-order valence-electron chi connectivity index (χ2n) is 8.32. The Morgan fingerprint density at radius 3 is 2.47 bits per heavy atom. The Morgan fingerprint density at radius 2 is 1.87 bits per heavy atom. The molecule has 2 rings (SSSR count). The number of carbonyl (C=O) groups excluding carboxylic acids is 1. The number of benzene rings is 1. The summed E-state index contributed by atoms with van der Waals surface area (Å²) < 4.78 is 0. The summed E-state index contributed by atoms with van der Waals surface area (Å²) in [6.45, 7) is 15.8. The van der Waals surface area contributed by atoms with E-state index in [0.29, 0.717) is 5.70 Å². The van der Waals surface area contributed by atoms with E-state index >= 15 is 0 Å². The lowest BCUT2D eigenvalue weighted by molar-refractivity contribution is -0.118. The molecule has 0 aromatic heterocycles. The fourth-order valence-corrected chi connectivity index (χ4v) is 3.84. The van der Waals surface area contributed by atoms with Gasteiger partial charge in [-0.3, -0.25) is 9.69 Å². The zero-order valence-electron chi connectivity index (χ0n) is 18.8. The van der Waals surface area contributed by atoms with Gasteiger partial charge in [0.2, 0.25) is 5.91 Å². The molecule has 1 unspecified atom stereocenters. The summed E-state index contributed by atoms with van der Waals surface area (Å²) in [5, 5.41) is 2.94. The molecule has 0 radical (unpaired) electrons. The van der Waals surface area contributed by atoms with Gasteiger partial charge in [0.15, 0.2) is 0 Å². The van der Waals surface area contributed by atoms with Gasteiger partial charge in [-0.15, -0.1) is 6.58 Å². The second-order valence-corrected chi connectivity index (χ2v) is 8.32. The van der Waals surface area contributed by atoms with Crippen LogP contribution in [0.4, 0.5) is 0 Å². The summed E-state index contributed by atoms with van der Waals surface area (Å²) in [4.78, 5) is 14.2. The minimum atomic E-state index is -0.0807. The van der Waals surface area contributed by atoms with Crippen LogP contribution in [0.3, 0.4) is 0 Å². The first-order valence-corrected chi connectivity index (χ1v) is 10.9. The molecule has 4 heteroatoms. The van der Waals surface area contributed by atoms with Crippen LogP contribution >= 0.6 is 0 Å². The van der Waals surface area contributed by atoms with Crippen molar-refractivity contribution in [1.29, 1.82) is 0 Å². The summed E-state index contributed by atoms with van der Waals surface area (Å²) in [5.41, 5.74) is 12.8. The molecular formula is C26H37N3O. The quantitative estimate of drug-likeness (QED) is 0.495. The molecule has 1 aliphatic carbocycles.